The average Bonchev–Trinajstić information content (AvgIpc) is 2.64. The van der Waals surface area contributed by atoms with Gasteiger partial charge in [0.1, 0.15) is 23.5 Å². The Morgan fingerprint density at radius 2 is 1.65 bits per heavy atom. The van der Waals surface area contributed by atoms with E-state index in [1.54, 1.807) is 20.8 Å². The van der Waals surface area contributed by atoms with E-state index < -0.39 is 52.1 Å². The number of H-pyrrole nitrogens is 1. The fourth-order valence-electron chi connectivity index (χ4n) is 3.55. The summed E-state index contributed by atoms with van der Waals surface area (Å²) in [6.45, 7) is 6.46. The van der Waals surface area contributed by atoms with Gasteiger partial charge in [-0.1, -0.05) is 26.8 Å². The number of aromatic amines is 1. The number of halogens is 3. The van der Waals surface area contributed by atoms with Gasteiger partial charge in [-0.2, -0.15) is 0 Å². The molecule has 1 amide bonds. The quantitative estimate of drug-likeness (QED) is 0.660. The van der Waals surface area contributed by atoms with Gasteiger partial charge in [-0.15, -0.1) is 0 Å². The molecular formula is C22H22F3N3O3. The molecule has 9 heteroatoms. The first-order valence-electron chi connectivity index (χ1n) is 9.59. The maximum Gasteiger partial charge on any atom is 0.329 e. The van der Waals surface area contributed by atoms with Crippen LogP contribution < -0.4 is 16.6 Å². The number of carbonyl (C=O) groups is 1. The summed E-state index contributed by atoms with van der Waals surface area (Å²) in [5.74, 6) is -2.97. The second kappa shape index (κ2) is 8.05. The zero-order valence-electron chi connectivity index (χ0n) is 17.4. The first-order chi connectivity index (χ1) is 14.4. The zero-order chi connectivity index (χ0) is 23.1. The molecule has 1 aromatic heterocycles. The van der Waals surface area contributed by atoms with Gasteiger partial charge in [0.05, 0.1) is 16.9 Å². The van der Waals surface area contributed by atoms with Gasteiger partial charge in [-0.05, 0) is 36.6 Å². The van der Waals surface area contributed by atoms with Crippen LogP contribution in [0.1, 0.15) is 45.3 Å². The van der Waals surface area contributed by atoms with Crippen LogP contribution in [0.4, 0.5) is 13.2 Å². The third kappa shape index (κ3) is 4.40. The lowest BCUT2D eigenvalue weighted by molar-refractivity contribution is -0.128. The number of fused-ring (bicyclic) bond motifs is 1. The van der Waals surface area contributed by atoms with Gasteiger partial charge < -0.3 is 10.3 Å². The Morgan fingerprint density at radius 3 is 2.26 bits per heavy atom. The Morgan fingerprint density at radius 1 is 1.03 bits per heavy atom. The van der Waals surface area contributed by atoms with Gasteiger partial charge in [0.2, 0.25) is 5.91 Å². The Hall–Kier alpha value is -3.36. The van der Waals surface area contributed by atoms with E-state index >= 15 is 0 Å². The fraction of sp³-hybridized carbons (Fsp3) is 0.318. The minimum absolute atomic E-state index is 0.0456. The molecule has 0 radical (unpaired) electrons. The summed E-state index contributed by atoms with van der Waals surface area (Å²) in [5, 5.41) is 2.50. The summed E-state index contributed by atoms with van der Waals surface area (Å²) in [5.41, 5.74) is -2.39. The van der Waals surface area contributed by atoms with Crippen LogP contribution >= 0.6 is 0 Å². The molecule has 31 heavy (non-hydrogen) atoms. The van der Waals surface area contributed by atoms with E-state index in [2.05, 4.69) is 10.3 Å². The highest BCUT2D eigenvalue weighted by atomic mass is 19.1. The minimum atomic E-state index is -1.29. The van der Waals surface area contributed by atoms with Crippen molar-refractivity contribution >= 4 is 16.8 Å². The highest BCUT2D eigenvalue weighted by Gasteiger charge is 2.36. The topological polar surface area (TPSA) is 84.0 Å². The second-order valence-electron chi connectivity index (χ2n) is 8.46. The van der Waals surface area contributed by atoms with Gasteiger partial charge in [0.15, 0.2) is 0 Å². The number of carbonyl (C=O) groups excluding carboxylic acids is 1. The maximum atomic E-state index is 14.1. The highest BCUT2D eigenvalue weighted by Crippen LogP contribution is 2.30. The summed E-state index contributed by atoms with van der Waals surface area (Å²) >= 11 is 0. The first kappa shape index (κ1) is 22.3. The molecule has 2 atom stereocenters. The highest BCUT2D eigenvalue weighted by molar-refractivity contribution is 5.82. The van der Waals surface area contributed by atoms with Gasteiger partial charge in [-0.25, -0.2) is 22.5 Å². The van der Waals surface area contributed by atoms with Crippen LogP contribution in [0.15, 0.2) is 46.0 Å². The molecule has 6 nitrogen and oxygen atoms in total. The van der Waals surface area contributed by atoms with Crippen molar-refractivity contribution in [2.45, 2.75) is 39.8 Å². The lowest BCUT2D eigenvalue weighted by Crippen LogP contribution is -2.49. The first-order valence-corrected chi connectivity index (χ1v) is 9.59. The molecular weight excluding hydrogens is 411 g/mol. The molecule has 0 unspecified atom stereocenters. The van der Waals surface area contributed by atoms with E-state index in [1.165, 1.54) is 19.1 Å². The molecule has 0 saturated heterocycles. The van der Waals surface area contributed by atoms with E-state index in [-0.39, 0.29) is 16.5 Å². The summed E-state index contributed by atoms with van der Waals surface area (Å²) in [4.78, 5) is 41.4. The van der Waals surface area contributed by atoms with Crippen LogP contribution in [-0.2, 0) is 4.79 Å². The van der Waals surface area contributed by atoms with E-state index in [0.29, 0.717) is 6.07 Å². The largest absolute Gasteiger partial charge is 0.348 e. The molecule has 0 aliphatic rings. The lowest BCUT2D eigenvalue weighted by atomic mass is 9.85. The summed E-state index contributed by atoms with van der Waals surface area (Å²) in [6, 6.07) is 4.17. The smallest absolute Gasteiger partial charge is 0.329 e. The van der Waals surface area contributed by atoms with Gasteiger partial charge >= 0.3 is 5.69 Å². The van der Waals surface area contributed by atoms with Gasteiger partial charge in [0, 0.05) is 11.6 Å². The third-order valence-corrected chi connectivity index (χ3v) is 5.01. The molecule has 2 aromatic carbocycles. The number of nitrogens with one attached hydrogen (secondary N) is 2. The van der Waals surface area contributed by atoms with E-state index in [1.807, 2.05) is 0 Å². The molecule has 0 bridgehead atoms. The predicted molar refractivity (Wildman–Crippen MR) is 110 cm³/mol. The van der Waals surface area contributed by atoms with Crippen molar-refractivity contribution in [3.05, 3.63) is 80.3 Å². The molecule has 0 fully saturated rings. The molecule has 0 spiro atoms. The molecule has 164 valence electrons. The predicted octanol–water partition coefficient (Wildman–Crippen LogP) is 3.57. The molecule has 2 N–H and O–H groups in total. The van der Waals surface area contributed by atoms with Crippen molar-refractivity contribution in [3.8, 4) is 0 Å². The number of hydrogen-bond donors (Lipinski definition) is 2. The molecule has 1 heterocycles. The number of nitrogens with zero attached hydrogens (tertiary/aromatic N) is 1. The average molecular weight is 433 g/mol. The fourth-order valence-corrected chi connectivity index (χ4v) is 3.55. The summed E-state index contributed by atoms with van der Waals surface area (Å²) < 4.78 is 41.7. The van der Waals surface area contributed by atoms with E-state index in [9.17, 15) is 27.6 Å². The Kier molecular flexibility index (Phi) is 5.80. The normalized spacial score (nSPS) is 13.8. The van der Waals surface area contributed by atoms with Crippen LogP contribution in [0.3, 0.4) is 0 Å². The van der Waals surface area contributed by atoms with Crippen LogP contribution in [0, 0.1) is 22.9 Å². The van der Waals surface area contributed by atoms with Crippen LogP contribution in [0.2, 0.25) is 0 Å². The number of aromatic nitrogens is 2. The molecule has 0 aliphatic carbocycles. The van der Waals surface area contributed by atoms with Crippen molar-refractivity contribution in [3.63, 3.8) is 0 Å². The van der Waals surface area contributed by atoms with Gasteiger partial charge in [0.25, 0.3) is 5.56 Å². The standard InChI is InChI=1S/C22H22F3N3O3/c1-11(14-7-5-13(24)10-16(14)25)26-19(29)18(22(2,3)4)28-20(30)15-9-12(23)6-8-17(15)27-21(28)31/h5-11,18H,1-4H3,(H,26,29)(H,27,31)/t11-,18-/m1/s1. The molecule has 0 aliphatic heterocycles. The molecule has 3 aromatic rings. The summed E-state index contributed by atoms with van der Waals surface area (Å²) in [6.07, 6.45) is 0. The molecule has 0 saturated carbocycles. The molecule has 3 rings (SSSR count). The van der Waals surface area contributed by atoms with E-state index in [4.69, 9.17) is 0 Å². The Bertz CT molecular complexity index is 1270. The second-order valence-corrected chi connectivity index (χ2v) is 8.46. The third-order valence-electron chi connectivity index (χ3n) is 5.01. The van der Waals surface area contributed by atoms with Crippen molar-refractivity contribution < 1.29 is 18.0 Å². The van der Waals surface area contributed by atoms with Crippen molar-refractivity contribution in [2.24, 2.45) is 5.41 Å². The Balaban J connectivity index is 2.08. The number of benzene rings is 2. The van der Waals surface area contributed by atoms with Crippen LogP contribution in [0.5, 0.6) is 0 Å². The number of hydrogen-bond acceptors (Lipinski definition) is 3. The SMILES string of the molecule is C[C@@H](NC(=O)[C@@H](n1c(=O)[nH]c2ccc(F)cc2c1=O)C(C)(C)C)c1ccc(F)cc1F. The van der Waals surface area contributed by atoms with E-state index in [0.717, 1.165) is 22.8 Å². The number of amides is 1. The summed E-state index contributed by atoms with van der Waals surface area (Å²) in [7, 11) is 0. The Labute approximate surface area is 175 Å². The van der Waals surface area contributed by atoms with Crippen molar-refractivity contribution in [1.29, 1.82) is 0 Å². The van der Waals surface area contributed by atoms with Crippen LogP contribution in [-0.4, -0.2) is 15.5 Å². The maximum absolute atomic E-state index is 14.1. The lowest BCUT2D eigenvalue weighted by Gasteiger charge is -2.31. The van der Waals surface area contributed by atoms with Crippen molar-refractivity contribution in [2.75, 3.05) is 0 Å². The number of rotatable bonds is 4. The van der Waals surface area contributed by atoms with Crippen LogP contribution in [0.25, 0.3) is 10.9 Å². The van der Waals surface area contributed by atoms with Crippen molar-refractivity contribution in [1.82, 2.24) is 14.9 Å². The van der Waals surface area contributed by atoms with Gasteiger partial charge in [-0.3, -0.25) is 9.59 Å². The zero-order valence-corrected chi connectivity index (χ0v) is 17.4. The minimum Gasteiger partial charge on any atom is -0.348 e. The monoisotopic (exact) mass is 433 g/mol.